The average Bonchev–Trinajstić information content (AvgIpc) is 2.15. The molecular formula is C9H12BrN3. The molecule has 0 spiro atoms. The van der Waals surface area contributed by atoms with Crippen molar-refractivity contribution in [2.45, 2.75) is 13.3 Å². The molecule has 0 fully saturated rings. The van der Waals surface area contributed by atoms with E-state index in [4.69, 9.17) is 11.1 Å². The fraction of sp³-hybridized carbons (Fsp3) is 0.222. The second-order valence-corrected chi connectivity index (χ2v) is 3.51. The lowest BCUT2D eigenvalue weighted by molar-refractivity contribution is 1.04. The Morgan fingerprint density at radius 3 is 2.92 bits per heavy atom. The number of dihydropyridines is 1. The summed E-state index contributed by atoms with van der Waals surface area (Å²) in [6.45, 7) is 1.91. The summed E-state index contributed by atoms with van der Waals surface area (Å²) in [5, 5.41) is 10.6. The van der Waals surface area contributed by atoms with Crippen LogP contribution in [0.15, 0.2) is 34.2 Å². The molecule has 4 N–H and O–H groups in total. The van der Waals surface area contributed by atoms with Crippen molar-refractivity contribution < 1.29 is 0 Å². The summed E-state index contributed by atoms with van der Waals surface area (Å²) >= 11 is 3.31. The zero-order valence-corrected chi connectivity index (χ0v) is 8.98. The molecule has 0 radical (unpaired) electrons. The van der Waals surface area contributed by atoms with Crippen LogP contribution in [0, 0.1) is 5.41 Å². The Balaban J connectivity index is 2.89. The van der Waals surface area contributed by atoms with Crippen molar-refractivity contribution in [3.8, 4) is 0 Å². The first kappa shape index (κ1) is 10.1. The minimum atomic E-state index is 0.453. The topological polar surface area (TPSA) is 61.9 Å². The molecule has 3 nitrogen and oxygen atoms in total. The minimum Gasteiger partial charge on any atom is -0.396 e. The molecule has 0 aromatic heterocycles. The number of halogens is 1. The molecule has 0 aromatic carbocycles. The number of nitrogens with two attached hydrogens (primary N) is 1. The standard InChI is InChI=1S/C9H12BrN3/c1-2-6(11)9(12)7-4-3-5-8(10)13-7/h3-5,11,13H,2,12H2,1H3/b9-7+,11-6?. The van der Waals surface area contributed by atoms with Gasteiger partial charge in [-0.3, -0.25) is 0 Å². The van der Waals surface area contributed by atoms with Crippen LogP contribution in [0.3, 0.4) is 0 Å². The first-order valence-electron chi connectivity index (χ1n) is 4.03. The van der Waals surface area contributed by atoms with Crippen molar-refractivity contribution in [1.82, 2.24) is 5.32 Å². The maximum absolute atomic E-state index is 7.55. The summed E-state index contributed by atoms with van der Waals surface area (Å²) in [4.78, 5) is 0. The second kappa shape index (κ2) is 4.28. The van der Waals surface area contributed by atoms with Gasteiger partial charge in [-0.25, -0.2) is 0 Å². The van der Waals surface area contributed by atoms with Gasteiger partial charge in [-0.2, -0.15) is 0 Å². The predicted molar refractivity (Wildman–Crippen MR) is 58.5 cm³/mol. The Hall–Kier alpha value is -1.03. The van der Waals surface area contributed by atoms with E-state index in [1.54, 1.807) is 0 Å². The smallest absolute Gasteiger partial charge is 0.0824 e. The molecule has 0 atom stereocenters. The van der Waals surface area contributed by atoms with Crippen LogP contribution in [0.5, 0.6) is 0 Å². The molecule has 0 bridgehead atoms. The number of hydrogen-bond acceptors (Lipinski definition) is 3. The van der Waals surface area contributed by atoms with E-state index in [1.807, 2.05) is 25.2 Å². The van der Waals surface area contributed by atoms with Gasteiger partial charge >= 0.3 is 0 Å². The van der Waals surface area contributed by atoms with Crippen molar-refractivity contribution in [2.75, 3.05) is 0 Å². The summed E-state index contributed by atoms with van der Waals surface area (Å²) in [5.41, 5.74) is 7.49. The fourth-order valence-corrected chi connectivity index (χ4v) is 1.32. The molecule has 1 aliphatic rings. The van der Waals surface area contributed by atoms with Crippen molar-refractivity contribution in [2.24, 2.45) is 5.73 Å². The van der Waals surface area contributed by atoms with Crippen LogP contribution in [-0.4, -0.2) is 5.71 Å². The molecule has 1 heterocycles. The lowest BCUT2D eigenvalue weighted by Crippen LogP contribution is -2.20. The Labute approximate surface area is 86.0 Å². The molecule has 0 aromatic rings. The highest BCUT2D eigenvalue weighted by Gasteiger charge is 2.07. The minimum absolute atomic E-state index is 0.453. The number of hydrogen-bond donors (Lipinski definition) is 3. The summed E-state index contributed by atoms with van der Waals surface area (Å²) in [7, 11) is 0. The molecule has 4 heteroatoms. The van der Waals surface area contributed by atoms with Crippen LogP contribution >= 0.6 is 15.9 Å². The summed E-state index contributed by atoms with van der Waals surface area (Å²) in [6.07, 6.45) is 6.26. The van der Waals surface area contributed by atoms with E-state index in [-0.39, 0.29) is 0 Å². The van der Waals surface area contributed by atoms with Gasteiger partial charge in [-0.05, 0) is 34.5 Å². The normalized spacial score (nSPS) is 19.1. The fourth-order valence-electron chi connectivity index (χ4n) is 0.951. The summed E-state index contributed by atoms with van der Waals surface area (Å²) in [5.74, 6) is 0. The Bertz CT molecular complexity index is 313. The van der Waals surface area contributed by atoms with Crippen molar-refractivity contribution >= 4 is 21.6 Å². The van der Waals surface area contributed by atoms with Crippen LogP contribution in [0.4, 0.5) is 0 Å². The quantitative estimate of drug-likeness (QED) is 0.512. The van der Waals surface area contributed by atoms with Gasteiger partial charge in [0.1, 0.15) is 0 Å². The first-order valence-corrected chi connectivity index (χ1v) is 4.83. The van der Waals surface area contributed by atoms with E-state index in [0.717, 1.165) is 10.3 Å². The van der Waals surface area contributed by atoms with Crippen LogP contribution < -0.4 is 11.1 Å². The lowest BCUT2D eigenvalue weighted by atomic mass is 10.1. The molecule has 0 saturated carbocycles. The van der Waals surface area contributed by atoms with Crippen LogP contribution in [0.2, 0.25) is 0 Å². The highest BCUT2D eigenvalue weighted by Crippen LogP contribution is 2.12. The van der Waals surface area contributed by atoms with E-state index in [1.165, 1.54) is 0 Å². The molecule has 1 aliphatic heterocycles. The predicted octanol–water partition coefficient (Wildman–Crippen LogP) is 1.98. The Morgan fingerprint density at radius 2 is 2.38 bits per heavy atom. The summed E-state index contributed by atoms with van der Waals surface area (Å²) in [6, 6.07) is 0. The van der Waals surface area contributed by atoms with Gasteiger partial charge in [0.25, 0.3) is 0 Å². The van der Waals surface area contributed by atoms with Gasteiger partial charge in [0.2, 0.25) is 0 Å². The SMILES string of the molecule is CCC(=N)/C(N)=C1/C=CC=C(Br)N1. The maximum Gasteiger partial charge on any atom is 0.0824 e. The van der Waals surface area contributed by atoms with Gasteiger partial charge < -0.3 is 16.5 Å². The van der Waals surface area contributed by atoms with Crippen LogP contribution in [0.1, 0.15) is 13.3 Å². The molecular weight excluding hydrogens is 230 g/mol. The third-order valence-corrected chi connectivity index (χ3v) is 2.19. The van der Waals surface area contributed by atoms with E-state index in [2.05, 4.69) is 21.2 Å². The lowest BCUT2D eigenvalue weighted by Gasteiger charge is -2.13. The van der Waals surface area contributed by atoms with E-state index >= 15 is 0 Å². The van der Waals surface area contributed by atoms with Crippen molar-refractivity contribution in [1.29, 1.82) is 5.41 Å². The van der Waals surface area contributed by atoms with Gasteiger partial charge in [0.05, 0.1) is 21.7 Å². The highest BCUT2D eigenvalue weighted by molar-refractivity contribution is 9.11. The van der Waals surface area contributed by atoms with Crippen molar-refractivity contribution in [3.05, 3.63) is 34.2 Å². The van der Waals surface area contributed by atoms with E-state index in [9.17, 15) is 0 Å². The van der Waals surface area contributed by atoms with Gasteiger partial charge in [0.15, 0.2) is 0 Å². The molecule has 0 aliphatic carbocycles. The zero-order chi connectivity index (χ0) is 9.84. The Kier molecular flexibility index (Phi) is 3.31. The van der Waals surface area contributed by atoms with Crippen LogP contribution in [-0.2, 0) is 0 Å². The third-order valence-electron chi connectivity index (χ3n) is 1.73. The number of rotatable bonds is 2. The molecule has 0 amide bonds. The monoisotopic (exact) mass is 241 g/mol. The van der Waals surface area contributed by atoms with Gasteiger partial charge in [0, 0.05) is 0 Å². The van der Waals surface area contributed by atoms with E-state index in [0.29, 0.717) is 17.8 Å². The zero-order valence-electron chi connectivity index (χ0n) is 7.39. The van der Waals surface area contributed by atoms with Gasteiger partial charge in [-0.15, -0.1) is 0 Å². The summed E-state index contributed by atoms with van der Waals surface area (Å²) < 4.78 is 0.858. The third kappa shape index (κ3) is 2.45. The second-order valence-electron chi connectivity index (χ2n) is 2.66. The Morgan fingerprint density at radius 1 is 1.69 bits per heavy atom. The average molecular weight is 242 g/mol. The van der Waals surface area contributed by atoms with E-state index < -0.39 is 0 Å². The van der Waals surface area contributed by atoms with Crippen LogP contribution in [0.25, 0.3) is 0 Å². The largest absolute Gasteiger partial charge is 0.396 e. The molecule has 13 heavy (non-hydrogen) atoms. The number of allylic oxidation sites excluding steroid dienone is 4. The number of nitrogens with one attached hydrogen (secondary N) is 2. The highest BCUT2D eigenvalue weighted by atomic mass is 79.9. The van der Waals surface area contributed by atoms with Gasteiger partial charge in [-0.1, -0.05) is 13.0 Å². The molecule has 0 unspecified atom stereocenters. The molecule has 70 valence electrons. The maximum atomic E-state index is 7.55. The van der Waals surface area contributed by atoms with Crippen molar-refractivity contribution in [3.63, 3.8) is 0 Å². The first-order chi connectivity index (χ1) is 6.15. The molecule has 0 saturated heterocycles. The molecule has 1 rings (SSSR count).